The molecule has 0 saturated carbocycles. The van der Waals surface area contributed by atoms with Crippen LogP contribution >= 0.6 is 11.6 Å². The molecule has 8 heteroatoms. The Morgan fingerprint density at radius 3 is 2.81 bits per heavy atom. The Balaban J connectivity index is 1.79. The van der Waals surface area contributed by atoms with Gasteiger partial charge < -0.3 is 9.88 Å². The van der Waals surface area contributed by atoms with Crippen molar-refractivity contribution in [2.24, 2.45) is 7.05 Å². The second kappa shape index (κ2) is 7.04. The number of aromatic nitrogens is 2. The fourth-order valence-electron chi connectivity index (χ4n) is 1.76. The molecule has 2 rings (SSSR count). The molecule has 0 saturated heterocycles. The third kappa shape index (κ3) is 4.53. The zero-order valence-corrected chi connectivity index (χ0v) is 13.2. The smallest absolute Gasteiger partial charge is 0.240 e. The van der Waals surface area contributed by atoms with Gasteiger partial charge in [-0.2, -0.15) is 0 Å². The van der Waals surface area contributed by atoms with E-state index in [2.05, 4.69) is 15.0 Å². The largest absolute Gasteiger partial charge is 0.337 e. The maximum atomic E-state index is 12.0. The highest BCUT2D eigenvalue weighted by Gasteiger charge is 2.13. The van der Waals surface area contributed by atoms with Crippen LogP contribution in [0.15, 0.2) is 41.7 Å². The Morgan fingerprint density at radius 1 is 1.33 bits per heavy atom. The molecule has 0 unspecified atom stereocenters. The summed E-state index contributed by atoms with van der Waals surface area (Å²) in [5.74, 6) is 0. The average molecular weight is 329 g/mol. The summed E-state index contributed by atoms with van der Waals surface area (Å²) < 4.78 is 28.5. The van der Waals surface area contributed by atoms with E-state index in [-0.39, 0.29) is 4.90 Å². The molecule has 2 N–H and O–H groups in total. The molecule has 0 aliphatic rings. The van der Waals surface area contributed by atoms with Gasteiger partial charge in [-0.3, -0.25) is 0 Å². The van der Waals surface area contributed by atoms with Crippen molar-refractivity contribution in [2.75, 3.05) is 13.1 Å². The van der Waals surface area contributed by atoms with Gasteiger partial charge in [0.15, 0.2) is 0 Å². The van der Waals surface area contributed by atoms with Crippen molar-refractivity contribution < 1.29 is 8.42 Å². The standard InChI is InChI=1S/C13H17ClN4O2S/c1-18-10-16-9-12(18)8-15-5-6-17-21(19,20)13-4-2-3-11(14)7-13/h2-4,7,9-10,15,17H,5-6,8H2,1H3. The lowest BCUT2D eigenvalue weighted by molar-refractivity contribution is 0.574. The molecule has 1 aromatic heterocycles. The van der Waals surface area contributed by atoms with Gasteiger partial charge in [-0.25, -0.2) is 18.1 Å². The minimum atomic E-state index is -3.52. The van der Waals surface area contributed by atoms with Crippen LogP contribution in [0.1, 0.15) is 5.69 Å². The number of imidazole rings is 1. The molecule has 1 heterocycles. The first kappa shape index (κ1) is 16.0. The summed E-state index contributed by atoms with van der Waals surface area (Å²) in [4.78, 5) is 4.17. The van der Waals surface area contributed by atoms with Crippen LogP contribution in [0.2, 0.25) is 5.02 Å². The lowest BCUT2D eigenvalue weighted by Crippen LogP contribution is -2.31. The minimum Gasteiger partial charge on any atom is -0.337 e. The van der Waals surface area contributed by atoms with Crippen molar-refractivity contribution in [3.63, 3.8) is 0 Å². The van der Waals surface area contributed by atoms with Crippen LogP contribution in [0.25, 0.3) is 0 Å². The summed E-state index contributed by atoms with van der Waals surface area (Å²) in [6.45, 7) is 1.45. The van der Waals surface area contributed by atoms with Gasteiger partial charge in [-0.05, 0) is 18.2 Å². The molecule has 0 bridgehead atoms. The van der Waals surface area contributed by atoms with Crippen LogP contribution in [0.4, 0.5) is 0 Å². The van der Waals surface area contributed by atoms with E-state index in [0.717, 1.165) is 5.69 Å². The number of rotatable bonds is 7. The summed E-state index contributed by atoms with van der Waals surface area (Å²) in [6, 6.07) is 6.18. The Morgan fingerprint density at radius 2 is 2.14 bits per heavy atom. The van der Waals surface area contributed by atoms with E-state index < -0.39 is 10.0 Å². The topological polar surface area (TPSA) is 76.0 Å². The van der Waals surface area contributed by atoms with E-state index in [0.29, 0.717) is 24.7 Å². The first-order chi connectivity index (χ1) is 9.99. The summed E-state index contributed by atoms with van der Waals surface area (Å²) in [5, 5.41) is 3.55. The number of nitrogens with zero attached hydrogens (tertiary/aromatic N) is 2. The van der Waals surface area contributed by atoms with Crippen molar-refractivity contribution >= 4 is 21.6 Å². The van der Waals surface area contributed by atoms with Crippen molar-refractivity contribution in [1.82, 2.24) is 19.6 Å². The van der Waals surface area contributed by atoms with E-state index in [1.54, 1.807) is 24.7 Å². The second-order valence-electron chi connectivity index (χ2n) is 4.53. The monoisotopic (exact) mass is 328 g/mol. The molecule has 1 aromatic carbocycles. The summed E-state index contributed by atoms with van der Waals surface area (Å²) in [5.41, 5.74) is 1.03. The van der Waals surface area contributed by atoms with Gasteiger partial charge in [-0.1, -0.05) is 17.7 Å². The zero-order chi connectivity index (χ0) is 15.3. The van der Waals surface area contributed by atoms with Gasteiger partial charge in [0, 0.05) is 37.9 Å². The Kier molecular flexibility index (Phi) is 5.35. The van der Waals surface area contributed by atoms with E-state index in [1.165, 1.54) is 12.1 Å². The lowest BCUT2D eigenvalue weighted by atomic mass is 10.4. The SMILES string of the molecule is Cn1cncc1CNCCNS(=O)(=O)c1cccc(Cl)c1. The molecule has 21 heavy (non-hydrogen) atoms. The number of nitrogens with one attached hydrogen (secondary N) is 2. The molecule has 0 aliphatic heterocycles. The van der Waals surface area contributed by atoms with Crippen molar-refractivity contribution in [1.29, 1.82) is 0 Å². The van der Waals surface area contributed by atoms with Gasteiger partial charge in [0.25, 0.3) is 0 Å². The Bertz CT molecular complexity index is 700. The summed E-state index contributed by atoms with van der Waals surface area (Å²) >= 11 is 5.79. The van der Waals surface area contributed by atoms with Gasteiger partial charge >= 0.3 is 0 Å². The molecule has 0 atom stereocenters. The van der Waals surface area contributed by atoms with Crippen molar-refractivity contribution in [3.05, 3.63) is 47.5 Å². The van der Waals surface area contributed by atoms with Crippen LogP contribution in [0.3, 0.4) is 0 Å². The fourth-order valence-corrected chi connectivity index (χ4v) is 3.09. The van der Waals surface area contributed by atoms with Crippen LogP contribution in [0, 0.1) is 0 Å². The van der Waals surface area contributed by atoms with Crippen LogP contribution in [0.5, 0.6) is 0 Å². The van der Waals surface area contributed by atoms with Gasteiger partial charge in [-0.15, -0.1) is 0 Å². The first-order valence-electron chi connectivity index (χ1n) is 6.40. The van der Waals surface area contributed by atoms with Crippen molar-refractivity contribution in [2.45, 2.75) is 11.4 Å². The highest BCUT2D eigenvalue weighted by atomic mass is 35.5. The molecule has 2 aromatic rings. The maximum Gasteiger partial charge on any atom is 0.240 e. The number of hydrogen-bond donors (Lipinski definition) is 2. The molecule has 6 nitrogen and oxygen atoms in total. The van der Waals surface area contributed by atoms with E-state index in [1.807, 2.05) is 11.6 Å². The quantitative estimate of drug-likeness (QED) is 0.747. The minimum absolute atomic E-state index is 0.168. The molecule has 0 aliphatic carbocycles. The number of halogens is 1. The van der Waals surface area contributed by atoms with Gasteiger partial charge in [0.1, 0.15) is 0 Å². The molecular weight excluding hydrogens is 312 g/mol. The van der Waals surface area contributed by atoms with E-state index in [9.17, 15) is 8.42 Å². The van der Waals surface area contributed by atoms with Gasteiger partial charge in [0.05, 0.1) is 16.9 Å². The third-order valence-electron chi connectivity index (χ3n) is 2.92. The van der Waals surface area contributed by atoms with Crippen LogP contribution in [-0.4, -0.2) is 31.1 Å². The van der Waals surface area contributed by atoms with Crippen molar-refractivity contribution in [3.8, 4) is 0 Å². The molecule has 0 spiro atoms. The Hall–Kier alpha value is -1.41. The summed E-state index contributed by atoms with van der Waals surface area (Å²) in [7, 11) is -1.61. The fraction of sp³-hybridized carbons (Fsp3) is 0.308. The molecular formula is C13H17ClN4O2S. The van der Waals surface area contributed by atoms with Crippen LogP contribution in [-0.2, 0) is 23.6 Å². The number of benzene rings is 1. The highest BCUT2D eigenvalue weighted by molar-refractivity contribution is 7.89. The second-order valence-corrected chi connectivity index (χ2v) is 6.73. The third-order valence-corrected chi connectivity index (χ3v) is 4.62. The predicted octanol–water partition coefficient (Wildman–Crippen LogP) is 1.14. The lowest BCUT2D eigenvalue weighted by Gasteiger charge is -2.08. The number of hydrogen-bond acceptors (Lipinski definition) is 4. The molecule has 0 radical (unpaired) electrons. The van der Waals surface area contributed by atoms with Crippen LogP contribution < -0.4 is 10.0 Å². The zero-order valence-electron chi connectivity index (χ0n) is 11.6. The molecule has 0 amide bonds. The molecule has 0 fully saturated rings. The van der Waals surface area contributed by atoms with E-state index in [4.69, 9.17) is 11.6 Å². The average Bonchev–Trinajstić information content (AvgIpc) is 2.84. The normalized spacial score (nSPS) is 11.7. The van der Waals surface area contributed by atoms with Gasteiger partial charge in [0.2, 0.25) is 10.0 Å². The highest BCUT2D eigenvalue weighted by Crippen LogP contribution is 2.14. The predicted molar refractivity (Wildman–Crippen MR) is 81.6 cm³/mol. The Labute approximate surface area is 129 Å². The number of sulfonamides is 1. The van der Waals surface area contributed by atoms with E-state index >= 15 is 0 Å². The summed E-state index contributed by atoms with van der Waals surface area (Å²) in [6.07, 6.45) is 3.49. The maximum absolute atomic E-state index is 12.0. The number of aryl methyl sites for hydroxylation is 1. The molecule has 114 valence electrons. The first-order valence-corrected chi connectivity index (χ1v) is 8.26.